The summed E-state index contributed by atoms with van der Waals surface area (Å²) in [6.07, 6.45) is 0. The molecule has 0 fully saturated rings. The Bertz CT molecular complexity index is 3850. The lowest BCUT2D eigenvalue weighted by Crippen LogP contribution is -2.24. The van der Waals surface area contributed by atoms with Crippen LogP contribution in [0.25, 0.3) is 66.1 Å². The number of hydrogen-bond donors (Lipinski definition) is 0. The Morgan fingerprint density at radius 1 is 0.347 bits per heavy atom. The summed E-state index contributed by atoms with van der Waals surface area (Å²) in [5, 5.41) is 17.5. The first-order valence-electron chi connectivity index (χ1n) is 24.4. The van der Waals surface area contributed by atoms with Crippen LogP contribution in [-0.4, -0.2) is 9.13 Å². The average molecular weight is 960 g/mol. The molecule has 10 aromatic carbocycles. The van der Waals surface area contributed by atoms with Crippen molar-refractivity contribution in [1.29, 1.82) is 5.26 Å². The molecule has 2 aliphatic heterocycles. The molecule has 0 saturated heterocycles. The number of aryl methyl sites for hydroxylation is 4. The average Bonchev–Trinajstić information content (AvgIpc) is 3.89. The SMILES string of the molecule is Cc1ccc2c(c1)c1cc(C)ccc1n2-c1c(-c2ccccc2)c(-n2c3ccc(C)cc3c3cc(C)ccc32)c(N2c3ccccc3Sc3ccccc32)c(C#N)c1N1c2ccccc2Sc2ccccc21. The third-order valence-electron chi connectivity index (χ3n) is 14.5. The molecule has 0 bridgehead atoms. The molecule has 0 unspecified atom stereocenters. The number of nitriles is 1. The second-order valence-electron chi connectivity index (χ2n) is 19.1. The van der Waals surface area contributed by atoms with Gasteiger partial charge in [0.1, 0.15) is 11.6 Å². The van der Waals surface area contributed by atoms with Gasteiger partial charge < -0.3 is 18.9 Å². The Labute approximate surface area is 426 Å². The predicted molar refractivity (Wildman–Crippen MR) is 302 cm³/mol. The van der Waals surface area contributed by atoms with Crippen molar-refractivity contribution in [2.45, 2.75) is 47.3 Å². The Morgan fingerprint density at radius 3 is 0.972 bits per heavy atom. The van der Waals surface area contributed by atoms with Crippen molar-refractivity contribution in [2.24, 2.45) is 0 Å². The van der Waals surface area contributed by atoms with Gasteiger partial charge in [-0.1, -0.05) is 149 Å². The van der Waals surface area contributed by atoms with E-state index in [1.165, 1.54) is 22.3 Å². The minimum atomic E-state index is 0.552. The van der Waals surface area contributed by atoms with E-state index in [0.29, 0.717) is 5.56 Å². The number of aromatic nitrogens is 2. The van der Waals surface area contributed by atoms with E-state index in [4.69, 9.17) is 0 Å². The molecule has 2 aliphatic rings. The van der Waals surface area contributed by atoms with Gasteiger partial charge in [-0.05, 0) is 130 Å². The van der Waals surface area contributed by atoms with E-state index < -0.39 is 0 Å². The third kappa shape index (κ3) is 6.29. The number of para-hydroxylation sites is 4. The van der Waals surface area contributed by atoms with Crippen LogP contribution in [0.2, 0.25) is 0 Å². The first kappa shape index (κ1) is 42.5. The molecule has 7 heteroatoms. The molecule has 72 heavy (non-hydrogen) atoms. The zero-order valence-corrected chi connectivity index (χ0v) is 41.7. The topological polar surface area (TPSA) is 40.1 Å². The minimum absolute atomic E-state index is 0.552. The van der Waals surface area contributed by atoms with Crippen molar-refractivity contribution in [3.05, 3.63) is 228 Å². The van der Waals surface area contributed by atoms with Gasteiger partial charge >= 0.3 is 0 Å². The predicted octanol–water partition coefficient (Wildman–Crippen LogP) is 18.5. The zero-order chi connectivity index (χ0) is 48.4. The molecule has 0 N–H and O–H groups in total. The van der Waals surface area contributed by atoms with E-state index in [1.807, 2.05) is 0 Å². The van der Waals surface area contributed by atoms with Crippen molar-refractivity contribution in [3.63, 3.8) is 0 Å². The van der Waals surface area contributed by atoms with E-state index >= 15 is 0 Å². The molecule has 0 saturated carbocycles. The Kier molecular flexibility index (Phi) is 9.63. The molecule has 4 heterocycles. The smallest absolute Gasteiger partial charge is 0.104 e. The van der Waals surface area contributed by atoms with E-state index in [-0.39, 0.29) is 0 Å². The van der Waals surface area contributed by atoms with Crippen molar-refractivity contribution < 1.29 is 0 Å². The highest BCUT2D eigenvalue weighted by Crippen LogP contribution is 2.62. The van der Waals surface area contributed by atoms with Gasteiger partial charge in [0.25, 0.3) is 0 Å². The number of hydrogen-bond acceptors (Lipinski definition) is 5. The van der Waals surface area contributed by atoms with Crippen LogP contribution in [0.5, 0.6) is 0 Å². The van der Waals surface area contributed by atoms with E-state index in [0.717, 1.165) is 120 Å². The quantitative estimate of drug-likeness (QED) is 0.172. The molecule has 12 aromatic rings. The van der Waals surface area contributed by atoms with Gasteiger partial charge in [-0.2, -0.15) is 5.26 Å². The lowest BCUT2D eigenvalue weighted by atomic mass is 9.91. The molecule has 342 valence electrons. The van der Waals surface area contributed by atoms with E-state index in [2.05, 4.69) is 253 Å². The fraction of sp³-hybridized carbons (Fsp3) is 0.0615. The second kappa shape index (κ2) is 16.3. The summed E-state index contributed by atoms with van der Waals surface area (Å²) >= 11 is 3.56. The Balaban J connectivity index is 1.32. The number of fused-ring (bicyclic) bond motifs is 10. The van der Waals surface area contributed by atoms with Gasteiger partial charge in [0.05, 0.1) is 67.6 Å². The standard InChI is InChI=1S/C65H45N5S2/c1-39-26-30-49-44(34-39)45-35-40(2)27-31-50(45)67(49)64-61(43-16-6-5-7-17-43)65(68-51-32-28-41(3)36-46(51)47-37-42(4)29-33-52(47)68)63(70-55-20-10-14-24-59(55)72-60-25-15-11-21-56(60)70)48(38-66)62(64)69-53-18-8-12-22-57(53)71-58-23-13-9-19-54(58)69/h5-37H,1-4H3. The monoisotopic (exact) mass is 959 g/mol. The minimum Gasteiger partial charge on any atom is -0.306 e. The van der Waals surface area contributed by atoms with Gasteiger partial charge in [-0.25, -0.2) is 0 Å². The number of rotatable bonds is 5. The molecule has 5 nitrogen and oxygen atoms in total. The summed E-state index contributed by atoms with van der Waals surface area (Å²) in [6, 6.07) is 76.1. The first-order chi connectivity index (χ1) is 35.3. The Hall–Kier alpha value is -8.41. The zero-order valence-electron chi connectivity index (χ0n) is 40.1. The molecular weight excluding hydrogens is 915 g/mol. The molecule has 0 spiro atoms. The van der Waals surface area contributed by atoms with Crippen molar-refractivity contribution in [3.8, 4) is 28.6 Å². The van der Waals surface area contributed by atoms with Crippen LogP contribution in [0.15, 0.2) is 220 Å². The summed E-state index contributed by atoms with van der Waals surface area (Å²) in [5.41, 5.74) is 19.1. The van der Waals surface area contributed by atoms with Crippen molar-refractivity contribution in [1.82, 2.24) is 9.13 Å². The maximum Gasteiger partial charge on any atom is 0.104 e. The van der Waals surface area contributed by atoms with Gasteiger partial charge in [-0.3, -0.25) is 0 Å². The lowest BCUT2D eigenvalue weighted by Gasteiger charge is -2.40. The van der Waals surface area contributed by atoms with Crippen LogP contribution in [0, 0.1) is 39.0 Å². The molecule has 0 aliphatic carbocycles. The van der Waals surface area contributed by atoms with Crippen LogP contribution < -0.4 is 9.80 Å². The molecule has 0 amide bonds. The van der Waals surface area contributed by atoms with Crippen LogP contribution in [0.3, 0.4) is 0 Å². The van der Waals surface area contributed by atoms with Crippen LogP contribution in [0.1, 0.15) is 27.8 Å². The number of anilines is 6. The molecular formula is C65H45N5S2. The fourth-order valence-electron chi connectivity index (χ4n) is 11.4. The summed E-state index contributed by atoms with van der Waals surface area (Å²) in [4.78, 5) is 9.27. The van der Waals surface area contributed by atoms with Gasteiger partial charge in [0.15, 0.2) is 0 Å². The van der Waals surface area contributed by atoms with E-state index in [1.54, 1.807) is 23.5 Å². The lowest BCUT2D eigenvalue weighted by molar-refractivity contribution is 1.07. The first-order valence-corrected chi connectivity index (χ1v) is 26.0. The van der Waals surface area contributed by atoms with Gasteiger partial charge in [0.2, 0.25) is 0 Å². The third-order valence-corrected chi connectivity index (χ3v) is 16.7. The molecule has 14 rings (SSSR count). The number of nitrogens with zero attached hydrogens (tertiary/aromatic N) is 5. The highest BCUT2D eigenvalue weighted by Gasteiger charge is 2.40. The maximum absolute atomic E-state index is 12.8. The maximum atomic E-state index is 12.8. The second-order valence-corrected chi connectivity index (χ2v) is 21.3. The number of benzene rings is 10. The van der Waals surface area contributed by atoms with Crippen molar-refractivity contribution >= 4 is 101 Å². The summed E-state index contributed by atoms with van der Waals surface area (Å²) in [5.74, 6) is 0. The highest BCUT2D eigenvalue weighted by molar-refractivity contribution is 8.00. The molecule has 2 aromatic heterocycles. The van der Waals surface area contributed by atoms with Crippen LogP contribution >= 0.6 is 23.5 Å². The largest absolute Gasteiger partial charge is 0.306 e. The van der Waals surface area contributed by atoms with Crippen molar-refractivity contribution in [2.75, 3.05) is 9.80 Å². The molecule has 0 atom stereocenters. The molecule has 0 radical (unpaired) electrons. The summed E-state index contributed by atoms with van der Waals surface area (Å²) in [7, 11) is 0. The summed E-state index contributed by atoms with van der Waals surface area (Å²) < 4.78 is 4.97. The highest BCUT2D eigenvalue weighted by atomic mass is 32.2. The van der Waals surface area contributed by atoms with Gasteiger partial charge in [-0.15, -0.1) is 0 Å². The summed E-state index contributed by atoms with van der Waals surface area (Å²) in [6.45, 7) is 8.71. The Morgan fingerprint density at radius 2 is 0.653 bits per heavy atom. The fourth-order valence-corrected chi connectivity index (χ4v) is 13.5. The van der Waals surface area contributed by atoms with E-state index in [9.17, 15) is 5.26 Å². The normalized spacial score (nSPS) is 12.8. The van der Waals surface area contributed by atoms with Crippen LogP contribution in [-0.2, 0) is 0 Å². The van der Waals surface area contributed by atoms with Gasteiger partial charge in [0, 0.05) is 46.7 Å². The van der Waals surface area contributed by atoms with Crippen LogP contribution in [0.4, 0.5) is 34.1 Å².